The number of nitrogens with one attached hydrogen (secondary N) is 1. The number of halogens is 2. The van der Waals surface area contributed by atoms with Crippen LogP contribution in [0.15, 0.2) is 66.7 Å². The zero-order chi connectivity index (χ0) is 26.6. The molecule has 0 aromatic heterocycles. The van der Waals surface area contributed by atoms with E-state index in [0.717, 1.165) is 43.9 Å². The molecule has 1 aliphatic rings. The summed E-state index contributed by atoms with van der Waals surface area (Å²) >= 11 is 0. The van der Waals surface area contributed by atoms with E-state index < -0.39 is 0 Å². The lowest BCUT2D eigenvalue weighted by atomic mass is 10.0. The van der Waals surface area contributed by atoms with Crippen molar-refractivity contribution in [1.29, 1.82) is 0 Å². The van der Waals surface area contributed by atoms with Crippen LogP contribution in [0.25, 0.3) is 11.1 Å². The van der Waals surface area contributed by atoms with Gasteiger partial charge in [0.15, 0.2) is 0 Å². The Morgan fingerprint density at radius 2 is 1.65 bits per heavy atom. The summed E-state index contributed by atoms with van der Waals surface area (Å²) in [6, 6.07) is 18.3. The quantitative estimate of drug-likeness (QED) is 0.434. The van der Waals surface area contributed by atoms with E-state index in [1.807, 2.05) is 38.1 Å². The molecule has 198 valence electrons. The van der Waals surface area contributed by atoms with Crippen LogP contribution in [0, 0.1) is 11.6 Å². The second-order valence-electron chi connectivity index (χ2n) is 8.92. The van der Waals surface area contributed by atoms with Gasteiger partial charge in [0, 0.05) is 50.9 Å². The van der Waals surface area contributed by atoms with Crippen molar-refractivity contribution < 1.29 is 18.3 Å². The normalized spacial score (nSPS) is 14.0. The maximum atomic E-state index is 14.8. The first-order valence-corrected chi connectivity index (χ1v) is 12.9. The number of ether oxygens (including phenoxy) is 1. The van der Waals surface area contributed by atoms with E-state index in [0.29, 0.717) is 23.5 Å². The predicted molar refractivity (Wildman–Crippen MR) is 145 cm³/mol. The first-order chi connectivity index (χ1) is 18.0. The van der Waals surface area contributed by atoms with Gasteiger partial charge in [-0.05, 0) is 48.0 Å². The fourth-order valence-electron chi connectivity index (χ4n) is 4.08. The van der Waals surface area contributed by atoms with Crippen molar-refractivity contribution in [3.8, 4) is 16.9 Å². The average molecular weight is 510 g/mol. The molecule has 7 heteroatoms. The van der Waals surface area contributed by atoms with Crippen molar-refractivity contribution in [2.45, 2.75) is 26.8 Å². The highest BCUT2D eigenvalue weighted by molar-refractivity contribution is 5.79. The molecule has 1 N–H and O–H groups in total. The number of piperazine rings is 1. The highest BCUT2D eigenvalue weighted by Crippen LogP contribution is 2.26. The maximum Gasteiger partial charge on any atom is 0.224 e. The fourth-order valence-corrected chi connectivity index (χ4v) is 4.08. The standard InChI is InChI=1S/C28H31F2N3O2.C2H6/c1-32-11-13-33(14-12-32)15-16-35-25-9-10-26(27(30)19-25)23-7-5-21(6-8-23)18-28(34)31-20-22-3-2-4-24(29)17-22;1-2/h2-10,17,19H,11-16,18,20H2,1H3,(H,31,34);1-2H3. The molecule has 3 aromatic carbocycles. The Bertz CT molecular complexity index is 1130. The van der Waals surface area contributed by atoms with E-state index in [9.17, 15) is 13.6 Å². The van der Waals surface area contributed by atoms with Gasteiger partial charge in [-0.3, -0.25) is 9.69 Å². The molecule has 4 rings (SSSR count). The molecule has 3 aromatic rings. The summed E-state index contributed by atoms with van der Waals surface area (Å²) < 4.78 is 33.8. The summed E-state index contributed by atoms with van der Waals surface area (Å²) in [7, 11) is 2.12. The first kappa shape index (κ1) is 28.3. The Labute approximate surface area is 219 Å². The number of carbonyl (C=O) groups excluding carboxylic acids is 1. The molecule has 1 saturated heterocycles. The molecule has 0 atom stereocenters. The highest BCUT2D eigenvalue weighted by Gasteiger charge is 2.14. The van der Waals surface area contributed by atoms with Crippen molar-refractivity contribution in [3.05, 3.63) is 89.5 Å². The van der Waals surface area contributed by atoms with Crippen LogP contribution in [-0.2, 0) is 17.8 Å². The Morgan fingerprint density at radius 1 is 0.919 bits per heavy atom. The number of hydrogen-bond acceptors (Lipinski definition) is 4. The van der Waals surface area contributed by atoms with Gasteiger partial charge in [-0.2, -0.15) is 0 Å². The Balaban J connectivity index is 0.00000186. The zero-order valence-electron chi connectivity index (χ0n) is 22.0. The smallest absolute Gasteiger partial charge is 0.224 e. The van der Waals surface area contributed by atoms with E-state index in [1.54, 1.807) is 24.3 Å². The van der Waals surface area contributed by atoms with Gasteiger partial charge in [0.05, 0.1) is 6.42 Å². The molecule has 0 bridgehead atoms. The van der Waals surface area contributed by atoms with Gasteiger partial charge in [-0.15, -0.1) is 0 Å². The molecule has 1 amide bonds. The van der Waals surface area contributed by atoms with Crippen molar-refractivity contribution in [1.82, 2.24) is 15.1 Å². The van der Waals surface area contributed by atoms with Gasteiger partial charge in [0.25, 0.3) is 0 Å². The van der Waals surface area contributed by atoms with Crippen LogP contribution < -0.4 is 10.1 Å². The lowest BCUT2D eigenvalue weighted by Gasteiger charge is -2.32. The van der Waals surface area contributed by atoms with Crippen LogP contribution in [0.5, 0.6) is 5.75 Å². The Kier molecular flexibility index (Phi) is 11.0. The van der Waals surface area contributed by atoms with Crippen LogP contribution >= 0.6 is 0 Å². The van der Waals surface area contributed by atoms with Crippen LogP contribution in [0.3, 0.4) is 0 Å². The number of nitrogens with zero attached hydrogens (tertiary/aromatic N) is 2. The van der Waals surface area contributed by atoms with Crippen molar-refractivity contribution in [2.24, 2.45) is 0 Å². The van der Waals surface area contributed by atoms with E-state index in [4.69, 9.17) is 4.74 Å². The highest BCUT2D eigenvalue weighted by atomic mass is 19.1. The van der Waals surface area contributed by atoms with Crippen molar-refractivity contribution in [3.63, 3.8) is 0 Å². The summed E-state index contributed by atoms with van der Waals surface area (Å²) in [5, 5.41) is 2.79. The second-order valence-corrected chi connectivity index (χ2v) is 8.92. The molecular weight excluding hydrogens is 472 g/mol. The predicted octanol–water partition coefficient (Wildman–Crippen LogP) is 5.14. The maximum absolute atomic E-state index is 14.8. The summed E-state index contributed by atoms with van der Waals surface area (Å²) in [5.74, 6) is -0.314. The number of rotatable bonds is 9. The van der Waals surface area contributed by atoms with Gasteiger partial charge in [-0.1, -0.05) is 50.2 Å². The third kappa shape index (κ3) is 8.95. The summed E-state index contributed by atoms with van der Waals surface area (Å²) in [5.41, 5.74) is 2.74. The molecule has 0 radical (unpaired) electrons. The zero-order valence-corrected chi connectivity index (χ0v) is 22.0. The third-order valence-electron chi connectivity index (χ3n) is 6.22. The van der Waals surface area contributed by atoms with Crippen LogP contribution in [0.4, 0.5) is 8.78 Å². The number of benzene rings is 3. The van der Waals surface area contributed by atoms with Crippen molar-refractivity contribution >= 4 is 5.91 Å². The minimum absolute atomic E-state index is 0.161. The van der Waals surface area contributed by atoms with Gasteiger partial charge >= 0.3 is 0 Å². The molecule has 0 spiro atoms. The van der Waals surface area contributed by atoms with Crippen LogP contribution in [0.1, 0.15) is 25.0 Å². The number of hydrogen-bond donors (Lipinski definition) is 1. The Hall–Kier alpha value is -3.29. The molecule has 37 heavy (non-hydrogen) atoms. The number of amides is 1. The molecule has 1 aliphatic heterocycles. The van der Waals surface area contributed by atoms with Gasteiger partial charge in [-0.25, -0.2) is 8.78 Å². The molecule has 0 saturated carbocycles. The summed E-state index contributed by atoms with van der Waals surface area (Å²) in [6.07, 6.45) is 0.193. The first-order valence-electron chi connectivity index (χ1n) is 12.9. The van der Waals surface area contributed by atoms with E-state index in [-0.39, 0.29) is 30.5 Å². The fraction of sp³-hybridized carbons (Fsp3) is 0.367. The number of likely N-dealkylation sites (N-methyl/N-ethyl adjacent to an activating group) is 1. The summed E-state index contributed by atoms with van der Waals surface area (Å²) in [4.78, 5) is 16.9. The Morgan fingerprint density at radius 3 is 2.32 bits per heavy atom. The lowest BCUT2D eigenvalue weighted by molar-refractivity contribution is -0.120. The molecule has 5 nitrogen and oxygen atoms in total. The minimum Gasteiger partial charge on any atom is -0.492 e. The van der Waals surface area contributed by atoms with Crippen LogP contribution in [0.2, 0.25) is 0 Å². The van der Waals surface area contributed by atoms with Gasteiger partial charge < -0.3 is 15.0 Å². The largest absolute Gasteiger partial charge is 0.492 e. The molecule has 0 aliphatic carbocycles. The molecular formula is C30H37F2N3O2. The number of carbonyl (C=O) groups is 1. The molecule has 0 unspecified atom stereocenters. The van der Waals surface area contributed by atoms with Gasteiger partial charge in [0.2, 0.25) is 5.91 Å². The van der Waals surface area contributed by atoms with E-state index >= 15 is 0 Å². The van der Waals surface area contributed by atoms with Crippen molar-refractivity contribution in [2.75, 3.05) is 46.4 Å². The van der Waals surface area contributed by atoms with E-state index in [2.05, 4.69) is 22.2 Å². The SMILES string of the molecule is CC.CN1CCN(CCOc2ccc(-c3ccc(CC(=O)NCc4cccc(F)c4)cc3)c(F)c2)CC1. The monoisotopic (exact) mass is 509 g/mol. The summed E-state index contributed by atoms with van der Waals surface area (Å²) in [6.45, 7) is 9.79. The second kappa shape index (κ2) is 14.4. The van der Waals surface area contributed by atoms with Crippen LogP contribution in [-0.4, -0.2) is 62.1 Å². The van der Waals surface area contributed by atoms with E-state index in [1.165, 1.54) is 18.2 Å². The topological polar surface area (TPSA) is 44.8 Å². The lowest BCUT2D eigenvalue weighted by Crippen LogP contribution is -2.45. The average Bonchev–Trinajstić information content (AvgIpc) is 2.91. The third-order valence-corrected chi connectivity index (χ3v) is 6.22. The minimum atomic E-state index is -0.345. The molecule has 1 fully saturated rings. The van der Waals surface area contributed by atoms with Gasteiger partial charge in [0.1, 0.15) is 24.0 Å². The molecule has 1 heterocycles.